The fourth-order valence-corrected chi connectivity index (χ4v) is 4.03. The highest BCUT2D eigenvalue weighted by molar-refractivity contribution is 7.61. The largest absolute Gasteiger partial charge is 0.0804 e. The summed E-state index contributed by atoms with van der Waals surface area (Å²) in [4.78, 5) is 0. The number of allylic oxidation sites excluding steroid dienone is 1. The van der Waals surface area contributed by atoms with Crippen molar-refractivity contribution in [2.45, 2.75) is 39.3 Å². The molecule has 1 fully saturated rings. The summed E-state index contributed by atoms with van der Waals surface area (Å²) in [5.41, 5.74) is 2.52. The molecule has 0 aromatic carbocycles. The number of hydrogen-bond acceptors (Lipinski definition) is 0. The van der Waals surface area contributed by atoms with Crippen LogP contribution >= 0.6 is 7.92 Å². The Morgan fingerprint density at radius 3 is 2.60 bits per heavy atom. The highest BCUT2D eigenvalue weighted by Gasteiger charge is 2.19. The van der Waals surface area contributed by atoms with E-state index in [1.54, 1.807) is 0 Å². The predicted molar refractivity (Wildman–Crippen MR) is 49.9 cm³/mol. The van der Waals surface area contributed by atoms with Gasteiger partial charge in [-0.25, -0.2) is 0 Å². The van der Waals surface area contributed by atoms with Crippen LogP contribution in [0.2, 0.25) is 0 Å². The van der Waals surface area contributed by atoms with E-state index in [1.807, 2.05) is 0 Å². The van der Waals surface area contributed by atoms with Gasteiger partial charge in [-0.3, -0.25) is 0 Å². The van der Waals surface area contributed by atoms with Crippen LogP contribution in [0, 0.1) is 0 Å². The molecule has 0 radical (unpaired) electrons. The molecule has 1 aliphatic heterocycles. The molecule has 1 heterocycles. The highest BCUT2D eigenvalue weighted by atomic mass is 31.1. The lowest BCUT2D eigenvalue weighted by Gasteiger charge is -2.10. The van der Waals surface area contributed by atoms with Crippen LogP contribution in [0.25, 0.3) is 0 Å². The Morgan fingerprint density at radius 2 is 2.20 bits per heavy atom. The smallest absolute Gasteiger partial charge is 0.0203 e. The minimum Gasteiger partial charge on any atom is -0.0804 e. The summed E-state index contributed by atoms with van der Waals surface area (Å²) in [6, 6.07) is 0. The maximum atomic E-state index is 2.51. The van der Waals surface area contributed by atoms with Crippen molar-refractivity contribution in [1.29, 1.82) is 0 Å². The monoisotopic (exact) mass is 156 g/mol. The molecule has 2 atom stereocenters. The predicted octanol–water partition coefficient (Wildman–Crippen LogP) is 3.57. The van der Waals surface area contributed by atoms with E-state index in [-0.39, 0.29) is 0 Å². The van der Waals surface area contributed by atoms with Gasteiger partial charge in [0.05, 0.1) is 0 Å². The molecule has 0 aliphatic carbocycles. The van der Waals surface area contributed by atoms with E-state index < -0.39 is 0 Å². The molecule has 1 heteroatoms. The Labute approximate surface area is 65.5 Å². The van der Waals surface area contributed by atoms with E-state index in [4.69, 9.17) is 0 Å². The minimum atomic E-state index is 0.292. The van der Waals surface area contributed by atoms with Crippen molar-refractivity contribution in [2.75, 3.05) is 6.16 Å². The van der Waals surface area contributed by atoms with Gasteiger partial charge in [-0.05, 0) is 38.5 Å². The molecule has 58 valence electrons. The lowest BCUT2D eigenvalue weighted by atomic mass is 10.3. The van der Waals surface area contributed by atoms with Gasteiger partial charge in [0.25, 0.3) is 0 Å². The van der Waals surface area contributed by atoms with Gasteiger partial charge < -0.3 is 0 Å². The van der Waals surface area contributed by atoms with E-state index in [9.17, 15) is 0 Å². The third-order valence-electron chi connectivity index (χ3n) is 2.03. The first kappa shape index (κ1) is 8.27. The third kappa shape index (κ3) is 2.09. The lowest BCUT2D eigenvalue weighted by Crippen LogP contribution is -1.88. The van der Waals surface area contributed by atoms with E-state index in [1.165, 1.54) is 24.6 Å². The summed E-state index contributed by atoms with van der Waals surface area (Å²) >= 11 is 0. The van der Waals surface area contributed by atoms with Crippen LogP contribution in [0.15, 0.2) is 11.4 Å². The Bertz CT molecular complexity index is 134. The average molecular weight is 156 g/mol. The summed E-state index contributed by atoms with van der Waals surface area (Å²) in [6.45, 7) is 6.83. The Morgan fingerprint density at radius 1 is 1.50 bits per heavy atom. The van der Waals surface area contributed by atoms with Crippen LogP contribution in [-0.2, 0) is 0 Å². The quantitative estimate of drug-likeness (QED) is 0.509. The van der Waals surface area contributed by atoms with Gasteiger partial charge >= 0.3 is 0 Å². The van der Waals surface area contributed by atoms with Crippen molar-refractivity contribution in [2.24, 2.45) is 0 Å². The zero-order valence-corrected chi connectivity index (χ0v) is 8.12. The summed E-state index contributed by atoms with van der Waals surface area (Å²) in [5, 5.41) is 0. The summed E-state index contributed by atoms with van der Waals surface area (Å²) in [7, 11) is 0.292. The molecule has 0 aromatic heterocycles. The van der Waals surface area contributed by atoms with Gasteiger partial charge in [-0.1, -0.05) is 26.2 Å². The van der Waals surface area contributed by atoms with Crippen LogP contribution in [0.3, 0.4) is 0 Å². The number of hydrogen-bond donors (Lipinski definition) is 0. The SMILES string of the molecule is CC(C)=CP1CCCC1C. The Kier molecular flexibility index (Phi) is 2.92. The zero-order valence-electron chi connectivity index (χ0n) is 7.22. The molecule has 10 heavy (non-hydrogen) atoms. The van der Waals surface area contributed by atoms with Crippen molar-refractivity contribution < 1.29 is 0 Å². The third-order valence-corrected chi connectivity index (χ3v) is 5.10. The van der Waals surface area contributed by atoms with Gasteiger partial charge in [0, 0.05) is 0 Å². The summed E-state index contributed by atoms with van der Waals surface area (Å²) in [5.74, 6) is 2.51. The molecular formula is C9H17P. The number of rotatable bonds is 1. The van der Waals surface area contributed by atoms with Crippen LogP contribution in [-0.4, -0.2) is 11.8 Å². The molecule has 0 bridgehead atoms. The van der Waals surface area contributed by atoms with Crippen molar-refractivity contribution in [3.05, 3.63) is 11.4 Å². The maximum Gasteiger partial charge on any atom is -0.0203 e. The molecule has 2 unspecified atom stereocenters. The zero-order chi connectivity index (χ0) is 7.56. The van der Waals surface area contributed by atoms with E-state index in [2.05, 4.69) is 26.6 Å². The summed E-state index contributed by atoms with van der Waals surface area (Å²) < 4.78 is 0. The second-order valence-corrected chi connectivity index (χ2v) is 6.05. The normalized spacial score (nSPS) is 32.3. The molecule has 0 saturated carbocycles. The van der Waals surface area contributed by atoms with Crippen LogP contribution in [0.4, 0.5) is 0 Å². The molecule has 0 spiro atoms. The van der Waals surface area contributed by atoms with E-state index in [0.717, 1.165) is 5.66 Å². The Balaban J connectivity index is 2.48. The first-order chi connectivity index (χ1) is 4.70. The fraction of sp³-hybridized carbons (Fsp3) is 0.778. The Hall–Kier alpha value is 0.170. The van der Waals surface area contributed by atoms with Crippen molar-refractivity contribution in [1.82, 2.24) is 0 Å². The standard InChI is InChI=1S/C9H17P/c1-8(2)7-10-6-4-5-9(10)3/h7,9H,4-6H2,1-3H3. The van der Waals surface area contributed by atoms with Gasteiger partial charge in [-0.15, -0.1) is 0 Å². The summed E-state index contributed by atoms with van der Waals surface area (Å²) in [6.07, 6.45) is 4.42. The lowest BCUT2D eigenvalue weighted by molar-refractivity contribution is 0.836. The molecule has 1 saturated heterocycles. The van der Waals surface area contributed by atoms with Crippen molar-refractivity contribution >= 4 is 7.92 Å². The van der Waals surface area contributed by atoms with Crippen molar-refractivity contribution in [3.8, 4) is 0 Å². The van der Waals surface area contributed by atoms with Crippen LogP contribution < -0.4 is 0 Å². The molecule has 0 amide bonds. The second-order valence-electron chi connectivity index (χ2n) is 3.44. The van der Waals surface area contributed by atoms with Crippen molar-refractivity contribution in [3.63, 3.8) is 0 Å². The van der Waals surface area contributed by atoms with Gasteiger partial charge in [0.15, 0.2) is 0 Å². The highest BCUT2D eigenvalue weighted by Crippen LogP contribution is 2.51. The average Bonchev–Trinajstić information content (AvgIpc) is 2.15. The molecule has 0 aromatic rings. The first-order valence-electron chi connectivity index (χ1n) is 4.11. The topological polar surface area (TPSA) is 0 Å². The van der Waals surface area contributed by atoms with Crippen LogP contribution in [0.5, 0.6) is 0 Å². The van der Waals surface area contributed by atoms with Crippen LogP contribution in [0.1, 0.15) is 33.6 Å². The van der Waals surface area contributed by atoms with Gasteiger partial charge in [0.2, 0.25) is 0 Å². The van der Waals surface area contributed by atoms with Gasteiger partial charge in [-0.2, -0.15) is 0 Å². The molecular weight excluding hydrogens is 139 g/mol. The minimum absolute atomic E-state index is 0.292. The molecule has 1 aliphatic rings. The van der Waals surface area contributed by atoms with E-state index >= 15 is 0 Å². The van der Waals surface area contributed by atoms with E-state index in [0.29, 0.717) is 7.92 Å². The molecule has 0 N–H and O–H groups in total. The van der Waals surface area contributed by atoms with Gasteiger partial charge in [0.1, 0.15) is 0 Å². The fourth-order valence-electron chi connectivity index (χ4n) is 1.48. The maximum absolute atomic E-state index is 2.51. The molecule has 1 rings (SSSR count). The molecule has 0 nitrogen and oxygen atoms in total. The second kappa shape index (κ2) is 3.53. The first-order valence-corrected chi connectivity index (χ1v) is 5.77.